The number of unbranched alkanes of at least 4 members (excludes halogenated alkanes) is 5. The molecule has 12 heteroatoms. The molecule has 0 rings (SSSR count). The molecule has 4 N–H and O–H groups in total. The first kappa shape index (κ1) is 54.6. The third kappa shape index (κ3) is 39.4. The predicted octanol–water partition coefficient (Wildman–Crippen LogP) is 9.97. The number of aliphatic hydroxyl groups is 3. The van der Waals surface area contributed by atoms with Gasteiger partial charge in [0.25, 0.3) is 0 Å². The van der Waals surface area contributed by atoms with Crippen LogP contribution in [0.2, 0.25) is 0 Å². The van der Waals surface area contributed by atoms with Gasteiger partial charge in [0.2, 0.25) is 0 Å². The van der Waals surface area contributed by atoms with Crippen molar-refractivity contribution in [2.45, 2.75) is 141 Å². The molecule has 4 atom stereocenters. The second-order valence-electron chi connectivity index (χ2n) is 13.4. The number of aliphatic hydroxyl groups excluding tert-OH is 3. The van der Waals surface area contributed by atoms with Crippen molar-refractivity contribution in [1.29, 1.82) is 0 Å². The van der Waals surface area contributed by atoms with Gasteiger partial charge in [0.05, 0.1) is 25.9 Å². The Labute approximate surface area is 348 Å². The van der Waals surface area contributed by atoms with Gasteiger partial charge >= 0.3 is 19.8 Å². The molecule has 0 aliphatic rings. The molecule has 0 fully saturated rings. The Morgan fingerprint density at radius 2 is 1.12 bits per heavy atom. The SMILES string of the molecule is CC/C=C\C/C=C\C/C=C\C/C=C\C/C=C\C/C=C\CCC(=O)OC[C@H](COP(=O)(O)OC[C@@H](O)CO)OC(=O)CCCCCCC/C=C/C=C/C(O)C/C=C/CC. The van der Waals surface area contributed by atoms with Crippen molar-refractivity contribution in [2.75, 3.05) is 26.4 Å². The molecule has 0 spiro atoms. The lowest BCUT2D eigenvalue weighted by Gasteiger charge is -2.20. The molecule has 2 unspecified atom stereocenters. The lowest BCUT2D eigenvalue weighted by Crippen LogP contribution is -2.29. The predicted molar refractivity (Wildman–Crippen MR) is 234 cm³/mol. The van der Waals surface area contributed by atoms with Crippen LogP contribution in [0, 0.1) is 0 Å². The molecule has 0 aliphatic carbocycles. The minimum absolute atomic E-state index is 0.0941. The largest absolute Gasteiger partial charge is 0.472 e. The first-order valence-corrected chi connectivity index (χ1v) is 22.4. The van der Waals surface area contributed by atoms with Gasteiger partial charge < -0.3 is 29.7 Å². The molecule has 0 aromatic rings. The van der Waals surface area contributed by atoms with Crippen LogP contribution >= 0.6 is 7.82 Å². The van der Waals surface area contributed by atoms with Crippen LogP contribution in [0.15, 0.2) is 109 Å². The fraction of sp³-hybridized carbons (Fsp3) is 0.565. The van der Waals surface area contributed by atoms with Crippen LogP contribution in [0.4, 0.5) is 0 Å². The maximum absolute atomic E-state index is 12.6. The zero-order valence-electron chi connectivity index (χ0n) is 35.1. The van der Waals surface area contributed by atoms with Gasteiger partial charge in [-0.25, -0.2) is 4.57 Å². The van der Waals surface area contributed by atoms with E-state index >= 15 is 0 Å². The summed E-state index contributed by atoms with van der Waals surface area (Å²) >= 11 is 0. The van der Waals surface area contributed by atoms with Crippen molar-refractivity contribution in [1.82, 2.24) is 0 Å². The molecule has 0 bridgehead atoms. The van der Waals surface area contributed by atoms with E-state index in [9.17, 15) is 29.3 Å². The number of hydrogen-bond donors (Lipinski definition) is 4. The molecule has 0 aromatic heterocycles. The van der Waals surface area contributed by atoms with Gasteiger partial charge in [0.15, 0.2) is 6.10 Å². The molecule has 0 radical (unpaired) electrons. The van der Waals surface area contributed by atoms with E-state index in [1.807, 2.05) is 36.5 Å². The van der Waals surface area contributed by atoms with E-state index in [0.29, 0.717) is 19.3 Å². The Kier molecular flexibility index (Phi) is 38.0. The zero-order valence-corrected chi connectivity index (χ0v) is 36.0. The molecule has 0 heterocycles. The standard InChI is InChI=1S/C46H73O11P/c1-3-5-7-8-9-10-11-12-13-14-15-16-17-18-19-22-25-28-32-36-45(50)54-40-44(41-56-58(52,53)55-39-43(49)38-47)57-46(51)37-33-29-26-23-20-21-24-27-31-35-42(48)34-30-6-4-2/h5-7,9-10,12-13,15-16,18-19,24-25,27-28,30-31,35,42-44,47-49H,3-4,8,11,14,17,20-23,26,29,32-34,36-41H2,1-2H3,(H,52,53)/b7-5-,10-9-,13-12-,16-15-,19-18-,27-24+,28-25-,30-6+,35-31+/t42?,43-,44+/m0/s1. The number of carbonyl (C=O) groups excluding carboxylic acids is 2. The second-order valence-corrected chi connectivity index (χ2v) is 14.9. The van der Waals surface area contributed by atoms with Gasteiger partial charge in [-0.1, -0.05) is 142 Å². The van der Waals surface area contributed by atoms with Crippen molar-refractivity contribution in [2.24, 2.45) is 0 Å². The van der Waals surface area contributed by atoms with Gasteiger partial charge in [-0.05, 0) is 77.0 Å². The average Bonchev–Trinajstić information content (AvgIpc) is 3.20. The molecule has 0 saturated heterocycles. The molecule has 0 aliphatic heterocycles. The van der Waals surface area contributed by atoms with Crippen molar-refractivity contribution in [3.63, 3.8) is 0 Å². The Morgan fingerprint density at radius 3 is 1.72 bits per heavy atom. The first-order valence-electron chi connectivity index (χ1n) is 21.0. The molecule has 58 heavy (non-hydrogen) atoms. The maximum atomic E-state index is 12.6. The van der Waals surface area contributed by atoms with Crippen LogP contribution in [0.5, 0.6) is 0 Å². The van der Waals surface area contributed by atoms with Gasteiger partial charge in [0, 0.05) is 12.8 Å². The zero-order chi connectivity index (χ0) is 42.8. The van der Waals surface area contributed by atoms with Crippen LogP contribution < -0.4 is 0 Å². The third-order valence-electron chi connectivity index (χ3n) is 8.02. The van der Waals surface area contributed by atoms with Gasteiger partial charge in [-0.15, -0.1) is 0 Å². The van der Waals surface area contributed by atoms with Crippen molar-refractivity contribution >= 4 is 19.8 Å². The summed E-state index contributed by atoms with van der Waals surface area (Å²) in [5.41, 5.74) is 0. The molecular formula is C46H73O11P. The summed E-state index contributed by atoms with van der Waals surface area (Å²) in [6, 6.07) is 0. The van der Waals surface area contributed by atoms with Crippen molar-refractivity contribution < 1.29 is 52.9 Å². The summed E-state index contributed by atoms with van der Waals surface area (Å²) < 4.78 is 32.5. The molecule has 11 nitrogen and oxygen atoms in total. The van der Waals surface area contributed by atoms with Crippen LogP contribution in [0.3, 0.4) is 0 Å². The molecule has 328 valence electrons. The lowest BCUT2D eigenvalue weighted by atomic mass is 10.1. The number of ether oxygens (including phenoxy) is 2. The van der Waals surface area contributed by atoms with E-state index in [-0.39, 0.29) is 19.4 Å². The number of hydrogen-bond acceptors (Lipinski definition) is 10. The monoisotopic (exact) mass is 832 g/mol. The van der Waals surface area contributed by atoms with E-state index in [1.165, 1.54) is 0 Å². The summed E-state index contributed by atoms with van der Waals surface area (Å²) in [5.74, 6) is -1.09. The van der Waals surface area contributed by atoms with E-state index in [1.54, 1.807) is 6.08 Å². The van der Waals surface area contributed by atoms with E-state index in [2.05, 4.69) is 85.2 Å². The Morgan fingerprint density at radius 1 is 0.586 bits per heavy atom. The van der Waals surface area contributed by atoms with Crippen LogP contribution in [0.1, 0.15) is 123 Å². The smallest absolute Gasteiger partial charge is 0.462 e. The lowest BCUT2D eigenvalue weighted by molar-refractivity contribution is -0.161. The number of phosphoric acid groups is 1. The Hall–Kier alpha value is -3.41. The van der Waals surface area contributed by atoms with E-state index in [0.717, 1.165) is 77.0 Å². The molecular weight excluding hydrogens is 759 g/mol. The molecule has 0 amide bonds. The normalized spacial score (nSPS) is 15.5. The topological polar surface area (TPSA) is 169 Å². The Bertz CT molecular complexity index is 1340. The minimum atomic E-state index is -4.66. The highest BCUT2D eigenvalue weighted by Crippen LogP contribution is 2.43. The van der Waals surface area contributed by atoms with Gasteiger partial charge in [0.1, 0.15) is 12.7 Å². The highest BCUT2D eigenvalue weighted by atomic mass is 31.2. The van der Waals surface area contributed by atoms with Crippen LogP contribution in [-0.4, -0.2) is 76.9 Å². The van der Waals surface area contributed by atoms with Gasteiger partial charge in [-0.2, -0.15) is 0 Å². The average molecular weight is 833 g/mol. The summed E-state index contributed by atoms with van der Waals surface area (Å²) in [6.07, 6.45) is 46.8. The summed E-state index contributed by atoms with van der Waals surface area (Å²) in [7, 11) is -4.66. The summed E-state index contributed by atoms with van der Waals surface area (Å²) in [6.45, 7) is 1.89. The highest BCUT2D eigenvalue weighted by Gasteiger charge is 2.27. The first-order chi connectivity index (χ1) is 28.1. The Balaban J connectivity index is 4.53. The highest BCUT2D eigenvalue weighted by molar-refractivity contribution is 7.47. The maximum Gasteiger partial charge on any atom is 0.472 e. The van der Waals surface area contributed by atoms with E-state index in [4.69, 9.17) is 19.1 Å². The molecule has 0 aromatic carbocycles. The quantitative estimate of drug-likeness (QED) is 0.0155. The second kappa shape index (κ2) is 40.4. The number of phosphoric ester groups is 1. The number of esters is 2. The number of allylic oxidation sites excluding steroid dienone is 16. The van der Waals surface area contributed by atoms with E-state index < -0.39 is 57.9 Å². The van der Waals surface area contributed by atoms with Crippen molar-refractivity contribution in [3.8, 4) is 0 Å². The van der Waals surface area contributed by atoms with Gasteiger partial charge in [-0.3, -0.25) is 18.6 Å². The van der Waals surface area contributed by atoms with Crippen molar-refractivity contribution in [3.05, 3.63) is 109 Å². The number of rotatable bonds is 37. The third-order valence-corrected chi connectivity index (χ3v) is 8.97. The van der Waals surface area contributed by atoms with Crippen LogP contribution in [0.25, 0.3) is 0 Å². The van der Waals surface area contributed by atoms with Crippen LogP contribution in [-0.2, 0) is 32.7 Å². The minimum Gasteiger partial charge on any atom is -0.462 e. The summed E-state index contributed by atoms with van der Waals surface area (Å²) in [4.78, 5) is 34.9. The fourth-order valence-corrected chi connectivity index (χ4v) is 5.61. The summed E-state index contributed by atoms with van der Waals surface area (Å²) in [5, 5.41) is 28.2. The number of carbonyl (C=O) groups is 2. The molecule has 0 saturated carbocycles. The fourth-order valence-electron chi connectivity index (χ4n) is 4.82.